The smallest absolute Gasteiger partial charge is 0.344 e. The number of hydrogen-bond donors (Lipinski definition) is 2. The zero-order valence-electron chi connectivity index (χ0n) is 17.4. The van der Waals surface area contributed by atoms with Crippen LogP contribution >= 0.6 is 0 Å². The molecular weight excluding hydrogens is 442 g/mol. The normalized spacial score (nSPS) is 14.6. The van der Waals surface area contributed by atoms with Gasteiger partial charge in [0.2, 0.25) is 5.91 Å². The van der Waals surface area contributed by atoms with Gasteiger partial charge in [-0.3, -0.25) is 9.59 Å². The summed E-state index contributed by atoms with van der Waals surface area (Å²) in [6.45, 7) is 1.60. The lowest BCUT2D eigenvalue weighted by Gasteiger charge is -2.16. The van der Waals surface area contributed by atoms with Gasteiger partial charge in [-0.15, -0.1) is 5.10 Å². The van der Waals surface area contributed by atoms with E-state index >= 15 is 0 Å². The number of amides is 2. The zero-order valence-corrected chi connectivity index (χ0v) is 17.4. The fourth-order valence-electron chi connectivity index (χ4n) is 3.25. The number of anilines is 1. The number of carbonyl (C=O) groups excluding carboxylic acids is 2. The molecule has 2 amide bonds. The molecular formula is C22H19F4N5O2. The standard InChI is InChI=1S/C22H19F4N5O2/c1-12(13-4-8-16(9-5-13)28-20(32)14-2-3-14)27-21(33)18-19(22(24,25)26)31(30-29-18)17-10-6-15(23)7-11-17/h4-12,14H,2-3H2,1H3,(H,27,33)(H,28,32). The second-order valence-corrected chi connectivity index (χ2v) is 7.75. The summed E-state index contributed by atoms with van der Waals surface area (Å²) in [5.41, 5.74) is -1.14. The van der Waals surface area contributed by atoms with Gasteiger partial charge in [0.15, 0.2) is 11.4 Å². The molecule has 1 aromatic heterocycles. The molecule has 7 nitrogen and oxygen atoms in total. The van der Waals surface area contributed by atoms with Crippen LogP contribution in [0.3, 0.4) is 0 Å². The van der Waals surface area contributed by atoms with E-state index in [4.69, 9.17) is 0 Å². The molecule has 2 aromatic carbocycles. The molecule has 172 valence electrons. The number of nitrogens with one attached hydrogen (secondary N) is 2. The molecule has 1 aliphatic rings. The van der Waals surface area contributed by atoms with E-state index in [1.54, 1.807) is 31.2 Å². The Morgan fingerprint density at radius 3 is 2.27 bits per heavy atom. The second-order valence-electron chi connectivity index (χ2n) is 7.75. The Hall–Kier alpha value is -3.76. The number of aromatic nitrogens is 3. The number of halogens is 4. The molecule has 4 rings (SSSR count). The Bertz CT molecular complexity index is 1170. The Morgan fingerprint density at radius 1 is 1.06 bits per heavy atom. The third kappa shape index (κ3) is 5.02. The van der Waals surface area contributed by atoms with Gasteiger partial charge in [0.05, 0.1) is 11.7 Å². The third-order valence-electron chi connectivity index (χ3n) is 5.20. The van der Waals surface area contributed by atoms with Crippen molar-refractivity contribution < 1.29 is 27.2 Å². The molecule has 1 heterocycles. The molecule has 1 saturated carbocycles. The predicted molar refractivity (Wildman–Crippen MR) is 110 cm³/mol. The highest BCUT2D eigenvalue weighted by Gasteiger charge is 2.42. The Balaban J connectivity index is 1.51. The molecule has 1 aliphatic carbocycles. The van der Waals surface area contributed by atoms with E-state index in [2.05, 4.69) is 20.9 Å². The van der Waals surface area contributed by atoms with Crippen LogP contribution in [0.15, 0.2) is 48.5 Å². The van der Waals surface area contributed by atoms with Crippen molar-refractivity contribution in [1.29, 1.82) is 0 Å². The summed E-state index contributed by atoms with van der Waals surface area (Å²) in [4.78, 5) is 24.5. The average molecular weight is 461 g/mol. The maximum atomic E-state index is 13.7. The van der Waals surface area contributed by atoms with Crippen molar-refractivity contribution in [2.45, 2.75) is 32.0 Å². The number of hydrogen-bond acceptors (Lipinski definition) is 4. The minimum absolute atomic E-state index is 0.0481. The van der Waals surface area contributed by atoms with Gasteiger partial charge in [0, 0.05) is 11.6 Å². The molecule has 1 atom stereocenters. The summed E-state index contributed by atoms with van der Waals surface area (Å²) in [5.74, 6) is -1.69. The lowest BCUT2D eigenvalue weighted by molar-refractivity contribution is -0.143. The molecule has 0 aliphatic heterocycles. The minimum atomic E-state index is -4.94. The summed E-state index contributed by atoms with van der Waals surface area (Å²) in [6.07, 6.45) is -3.19. The van der Waals surface area contributed by atoms with Crippen LogP contribution in [0.5, 0.6) is 0 Å². The van der Waals surface area contributed by atoms with Crippen molar-refractivity contribution in [3.8, 4) is 5.69 Å². The molecule has 2 N–H and O–H groups in total. The van der Waals surface area contributed by atoms with E-state index in [0.717, 1.165) is 37.1 Å². The van der Waals surface area contributed by atoms with Gasteiger partial charge in [-0.2, -0.15) is 13.2 Å². The van der Waals surface area contributed by atoms with Crippen LogP contribution in [-0.4, -0.2) is 26.8 Å². The topological polar surface area (TPSA) is 88.9 Å². The van der Waals surface area contributed by atoms with Gasteiger partial charge in [0.1, 0.15) is 5.82 Å². The van der Waals surface area contributed by atoms with E-state index in [9.17, 15) is 27.2 Å². The Kier molecular flexibility index (Phi) is 5.88. The van der Waals surface area contributed by atoms with Crippen LogP contribution in [0.4, 0.5) is 23.2 Å². The third-order valence-corrected chi connectivity index (χ3v) is 5.20. The van der Waals surface area contributed by atoms with Crippen molar-refractivity contribution in [2.75, 3.05) is 5.32 Å². The van der Waals surface area contributed by atoms with Crippen LogP contribution in [-0.2, 0) is 11.0 Å². The van der Waals surface area contributed by atoms with Crippen molar-refractivity contribution >= 4 is 17.5 Å². The minimum Gasteiger partial charge on any atom is -0.344 e. The summed E-state index contributed by atoms with van der Waals surface area (Å²) < 4.78 is 54.8. The first kappa shape index (κ1) is 22.4. The molecule has 3 aromatic rings. The Morgan fingerprint density at radius 2 is 1.70 bits per heavy atom. The molecule has 0 spiro atoms. The van der Waals surface area contributed by atoms with E-state index in [0.29, 0.717) is 15.9 Å². The first-order valence-electron chi connectivity index (χ1n) is 10.1. The highest BCUT2D eigenvalue weighted by molar-refractivity contribution is 5.94. The van der Waals surface area contributed by atoms with Gasteiger partial charge < -0.3 is 10.6 Å². The van der Waals surface area contributed by atoms with Crippen molar-refractivity contribution in [3.05, 3.63) is 71.3 Å². The lowest BCUT2D eigenvalue weighted by atomic mass is 10.1. The maximum Gasteiger partial charge on any atom is 0.435 e. The van der Waals surface area contributed by atoms with Crippen LogP contribution in [0, 0.1) is 11.7 Å². The first-order chi connectivity index (χ1) is 15.6. The number of nitrogens with zero attached hydrogens (tertiary/aromatic N) is 3. The van der Waals surface area contributed by atoms with E-state index in [-0.39, 0.29) is 17.5 Å². The number of benzene rings is 2. The molecule has 1 fully saturated rings. The van der Waals surface area contributed by atoms with Crippen LogP contribution in [0.25, 0.3) is 5.69 Å². The predicted octanol–water partition coefficient (Wildman–Crippen LogP) is 4.26. The molecule has 0 saturated heterocycles. The highest BCUT2D eigenvalue weighted by Crippen LogP contribution is 2.33. The number of carbonyl (C=O) groups is 2. The van der Waals surface area contributed by atoms with Crippen molar-refractivity contribution in [3.63, 3.8) is 0 Å². The van der Waals surface area contributed by atoms with Crippen LogP contribution < -0.4 is 10.6 Å². The molecule has 0 radical (unpaired) electrons. The molecule has 11 heteroatoms. The van der Waals surface area contributed by atoms with Gasteiger partial charge >= 0.3 is 6.18 Å². The van der Waals surface area contributed by atoms with Gasteiger partial charge in [-0.05, 0) is 61.7 Å². The second kappa shape index (κ2) is 8.64. The largest absolute Gasteiger partial charge is 0.435 e. The van der Waals surface area contributed by atoms with Gasteiger partial charge in [-0.1, -0.05) is 17.3 Å². The Labute approximate surface area is 185 Å². The van der Waals surface area contributed by atoms with Gasteiger partial charge in [-0.25, -0.2) is 9.07 Å². The molecule has 33 heavy (non-hydrogen) atoms. The van der Waals surface area contributed by atoms with E-state index in [1.807, 2.05) is 0 Å². The molecule has 0 bridgehead atoms. The van der Waals surface area contributed by atoms with Crippen molar-refractivity contribution in [1.82, 2.24) is 20.3 Å². The van der Waals surface area contributed by atoms with E-state index < -0.39 is 35.3 Å². The fraction of sp³-hybridized carbons (Fsp3) is 0.273. The summed E-state index contributed by atoms with van der Waals surface area (Å²) >= 11 is 0. The quantitative estimate of drug-likeness (QED) is 0.537. The maximum absolute atomic E-state index is 13.7. The van der Waals surface area contributed by atoms with Gasteiger partial charge in [0.25, 0.3) is 5.91 Å². The van der Waals surface area contributed by atoms with Crippen LogP contribution in [0.1, 0.15) is 47.6 Å². The number of rotatable bonds is 6. The summed E-state index contributed by atoms with van der Waals surface area (Å²) in [6, 6.07) is 10.2. The number of alkyl halides is 3. The summed E-state index contributed by atoms with van der Waals surface area (Å²) in [7, 11) is 0. The molecule has 1 unspecified atom stereocenters. The van der Waals surface area contributed by atoms with Crippen molar-refractivity contribution in [2.24, 2.45) is 5.92 Å². The fourth-order valence-corrected chi connectivity index (χ4v) is 3.25. The highest BCUT2D eigenvalue weighted by atomic mass is 19.4. The van der Waals surface area contributed by atoms with E-state index in [1.165, 1.54) is 0 Å². The monoisotopic (exact) mass is 461 g/mol. The zero-order chi connectivity index (χ0) is 23.8. The summed E-state index contributed by atoms with van der Waals surface area (Å²) in [5, 5.41) is 12.2. The lowest BCUT2D eigenvalue weighted by Crippen LogP contribution is -2.29. The van der Waals surface area contributed by atoms with Crippen LogP contribution in [0.2, 0.25) is 0 Å². The average Bonchev–Trinajstić information content (AvgIpc) is 3.52. The SMILES string of the molecule is CC(NC(=O)c1nnn(-c2ccc(F)cc2)c1C(F)(F)F)c1ccc(NC(=O)C2CC2)cc1. The first-order valence-corrected chi connectivity index (χ1v) is 10.1.